The van der Waals surface area contributed by atoms with Gasteiger partial charge in [-0.2, -0.15) is 0 Å². The van der Waals surface area contributed by atoms with Gasteiger partial charge in [-0.15, -0.1) is 0 Å². The molecule has 18 heavy (non-hydrogen) atoms. The largest absolute Gasteiger partial charge is 0.383 e. The molecular weight excluding hydrogens is 228 g/mol. The summed E-state index contributed by atoms with van der Waals surface area (Å²) in [5.74, 6) is 0.0770. The van der Waals surface area contributed by atoms with Gasteiger partial charge in [0.05, 0.1) is 12.6 Å². The minimum atomic E-state index is -0.170. The molecule has 0 radical (unpaired) electrons. The molecular formula is C14H30N2O2. The molecule has 1 amide bonds. The van der Waals surface area contributed by atoms with Crippen LogP contribution in [-0.2, 0) is 9.53 Å². The highest BCUT2D eigenvalue weighted by molar-refractivity contribution is 5.81. The van der Waals surface area contributed by atoms with Crippen LogP contribution in [0, 0.1) is 0 Å². The first-order valence-electron chi connectivity index (χ1n) is 7.10. The van der Waals surface area contributed by atoms with Gasteiger partial charge in [0, 0.05) is 19.2 Å². The molecule has 0 aromatic carbocycles. The van der Waals surface area contributed by atoms with Gasteiger partial charge >= 0.3 is 0 Å². The molecule has 0 spiro atoms. The molecule has 0 saturated heterocycles. The molecule has 108 valence electrons. The smallest absolute Gasteiger partial charge is 0.237 e. The van der Waals surface area contributed by atoms with E-state index >= 15 is 0 Å². The monoisotopic (exact) mass is 258 g/mol. The Bertz CT molecular complexity index is 216. The van der Waals surface area contributed by atoms with Crippen LogP contribution in [0.25, 0.3) is 0 Å². The van der Waals surface area contributed by atoms with Crippen LogP contribution < -0.4 is 10.6 Å². The van der Waals surface area contributed by atoms with E-state index in [0.717, 1.165) is 25.7 Å². The van der Waals surface area contributed by atoms with Gasteiger partial charge < -0.3 is 15.4 Å². The van der Waals surface area contributed by atoms with Gasteiger partial charge in [-0.05, 0) is 26.7 Å². The zero-order chi connectivity index (χ0) is 14.0. The lowest BCUT2D eigenvalue weighted by molar-refractivity contribution is -0.123. The quantitative estimate of drug-likeness (QED) is 0.631. The Balaban J connectivity index is 4.10. The molecule has 0 heterocycles. The Labute approximate surface area is 112 Å². The highest BCUT2D eigenvalue weighted by atomic mass is 16.5. The van der Waals surface area contributed by atoms with E-state index in [4.69, 9.17) is 4.74 Å². The Kier molecular flexibility index (Phi) is 9.98. The molecule has 4 heteroatoms. The van der Waals surface area contributed by atoms with Crippen LogP contribution >= 0.6 is 0 Å². The van der Waals surface area contributed by atoms with Gasteiger partial charge in [0.2, 0.25) is 5.91 Å². The molecule has 0 bridgehead atoms. The number of rotatable bonds is 10. The normalized spacial score (nSPS) is 16.1. The molecule has 3 atom stereocenters. The first kappa shape index (κ1) is 17.4. The zero-order valence-corrected chi connectivity index (χ0v) is 12.6. The summed E-state index contributed by atoms with van der Waals surface area (Å²) in [5.41, 5.74) is 0. The van der Waals surface area contributed by atoms with E-state index < -0.39 is 0 Å². The van der Waals surface area contributed by atoms with Crippen molar-refractivity contribution in [3.8, 4) is 0 Å². The summed E-state index contributed by atoms with van der Waals surface area (Å²) >= 11 is 0. The van der Waals surface area contributed by atoms with Gasteiger partial charge in [-0.1, -0.05) is 26.7 Å². The molecule has 0 rings (SSSR count). The van der Waals surface area contributed by atoms with Crippen LogP contribution in [0.3, 0.4) is 0 Å². The first-order chi connectivity index (χ1) is 8.54. The molecule has 0 saturated carbocycles. The van der Waals surface area contributed by atoms with E-state index in [0.29, 0.717) is 6.61 Å². The molecule has 0 aliphatic heterocycles. The van der Waals surface area contributed by atoms with E-state index in [1.165, 1.54) is 0 Å². The summed E-state index contributed by atoms with van der Waals surface area (Å²) in [4.78, 5) is 12.0. The molecule has 4 nitrogen and oxygen atoms in total. The highest BCUT2D eigenvalue weighted by Gasteiger charge is 2.18. The van der Waals surface area contributed by atoms with Gasteiger partial charge in [0.15, 0.2) is 0 Å². The van der Waals surface area contributed by atoms with Crippen molar-refractivity contribution < 1.29 is 9.53 Å². The van der Waals surface area contributed by atoms with Gasteiger partial charge in [-0.25, -0.2) is 0 Å². The molecule has 0 fully saturated rings. The average Bonchev–Trinajstić information content (AvgIpc) is 2.29. The summed E-state index contributed by atoms with van der Waals surface area (Å²) in [7, 11) is 1.69. The molecule has 0 aliphatic carbocycles. The van der Waals surface area contributed by atoms with Crippen molar-refractivity contribution in [2.24, 2.45) is 0 Å². The van der Waals surface area contributed by atoms with Crippen molar-refractivity contribution >= 4 is 5.91 Å². The van der Waals surface area contributed by atoms with E-state index in [-0.39, 0.29) is 24.0 Å². The predicted molar refractivity (Wildman–Crippen MR) is 75.7 cm³/mol. The molecule has 0 aromatic rings. The number of ether oxygens (including phenoxy) is 1. The van der Waals surface area contributed by atoms with Gasteiger partial charge in [-0.3, -0.25) is 4.79 Å². The fourth-order valence-corrected chi connectivity index (χ4v) is 2.07. The predicted octanol–water partition coefficient (Wildman–Crippen LogP) is 2.08. The lowest BCUT2D eigenvalue weighted by Gasteiger charge is -2.23. The third-order valence-corrected chi connectivity index (χ3v) is 2.99. The van der Waals surface area contributed by atoms with Crippen molar-refractivity contribution in [2.45, 2.75) is 71.5 Å². The van der Waals surface area contributed by atoms with Crippen LogP contribution in [0.2, 0.25) is 0 Å². The van der Waals surface area contributed by atoms with Crippen molar-refractivity contribution in [3.05, 3.63) is 0 Å². The SMILES string of the molecule is CCCC(C)NC(=O)C(C)NC(CCC)COC. The first-order valence-corrected chi connectivity index (χ1v) is 7.10. The van der Waals surface area contributed by atoms with Crippen molar-refractivity contribution in [1.29, 1.82) is 0 Å². The van der Waals surface area contributed by atoms with Gasteiger partial charge in [0.25, 0.3) is 0 Å². The van der Waals surface area contributed by atoms with Crippen molar-refractivity contribution in [3.63, 3.8) is 0 Å². The zero-order valence-electron chi connectivity index (χ0n) is 12.6. The van der Waals surface area contributed by atoms with E-state index in [2.05, 4.69) is 24.5 Å². The maximum absolute atomic E-state index is 12.0. The lowest BCUT2D eigenvalue weighted by atomic mass is 10.1. The second-order valence-corrected chi connectivity index (χ2v) is 5.03. The second kappa shape index (κ2) is 10.3. The number of methoxy groups -OCH3 is 1. The highest BCUT2D eigenvalue weighted by Crippen LogP contribution is 2.00. The number of amides is 1. The summed E-state index contributed by atoms with van der Waals surface area (Å²) in [6, 6.07) is 0.331. The van der Waals surface area contributed by atoms with Crippen molar-refractivity contribution in [1.82, 2.24) is 10.6 Å². The van der Waals surface area contributed by atoms with Crippen LogP contribution in [0.5, 0.6) is 0 Å². The van der Waals surface area contributed by atoms with Gasteiger partial charge in [0.1, 0.15) is 0 Å². The molecule has 2 N–H and O–H groups in total. The average molecular weight is 258 g/mol. The molecule has 0 aliphatic rings. The maximum Gasteiger partial charge on any atom is 0.237 e. The maximum atomic E-state index is 12.0. The number of carbonyl (C=O) groups excluding carboxylic acids is 1. The number of carbonyl (C=O) groups is 1. The Morgan fingerprint density at radius 1 is 1.17 bits per heavy atom. The number of nitrogens with one attached hydrogen (secondary N) is 2. The number of hydrogen-bond donors (Lipinski definition) is 2. The molecule has 0 aromatic heterocycles. The summed E-state index contributed by atoms with van der Waals surface area (Å²) in [5, 5.41) is 6.36. The molecule has 3 unspecified atom stereocenters. The van der Waals surface area contributed by atoms with E-state index in [1.807, 2.05) is 13.8 Å². The standard InChI is InChI=1S/C14H30N2O2/c1-6-8-11(3)15-14(17)12(4)16-13(9-7-2)10-18-5/h11-13,16H,6-10H2,1-5H3,(H,15,17). The third kappa shape index (κ3) is 7.67. The second-order valence-electron chi connectivity index (χ2n) is 5.03. The van der Waals surface area contributed by atoms with Crippen LogP contribution in [0.15, 0.2) is 0 Å². The van der Waals surface area contributed by atoms with Crippen LogP contribution in [0.1, 0.15) is 53.4 Å². The van der Waals surface area contributed by atoms with Crippen molar-refractivity contribution in [2.75, 3.05) is 13.7 Å². The van der Waals surface area contributed by atoms with E-state index in [9.17, 15) is 4.79 Å². The summed E-state index contributed by atoms with van der Waals surface area (Å²) in [6.45, 7) is 8.87. The fraction of sp³-hybridized carbons (Fsp3) is 0.929. The minimum absolute atomic E-state index is 0.0770. The van der Waals surface area contributed by atoms with Crippen LogP contribution in [0.4, 0.5) is 0 Å². The number of hydrogen-bond acceptors (Lipinski definition) is 3. The minimum Gasteiger partial charge on any atom is -0.383 e. The third-order valence-electron chi connectivity index (χ3n) is 2.99. The Hall–Kier alpha value is -0.610. The Morgan fingerprint density at radius 3 is 2.28 bits per heavy atom. The topological polar surface area (TPSA) is 50.4 Å². The lowest BCUT2D eigenvalue weighted by Crippen LogP contribution is -2.49. The van der Waals surface area contributed by atoms with Crippen LogP contribution in [-0.4, -0.2) is 37.7 Å². The summed E-state index contributed by atoms with van der Waals surface area (Å²) in [6.07, 6.45) is 4.22. The summed E-state index contributed by atoms with van der Waals surface area (Å²) < 4.78 is 5.16. The fourth-order valence-electron chi connectivity index (χ4n) is 2.07. The van der Waals surface area contributed by atoms with E-state index in [1.54, 1.807) is 7.11 Å². The Morgan fingerprint density at radius 2 is 1.78 bits per heavy atom.